The second-order valence-electron chi connectivity index (χ2n) is 3.54. The molecular weight excluding hydrogens is 309 g/mol. The molecule has 0 radical (unpaired) electrons. The standard InChI is InChI=1S/C8H9F3N2O4S2/c9-8(10,11)6-2-1-3-7(13-6)18(14,15)4-5-19(12,16)17/h1-3H,4-5H2,(H2,12,16,17). The molecule has 0 fully saturated rings. The Kier molecular flexibility index (Phi) is 4.22. The Morgan fingerprint density at radius 2 is 1.68 bits per heavy atom. The van der Waals surface area contributed by atoms with Crippen LogP contribution in [0.2, 0.25) is 0 Å². The van der Waals surface area contributed by atoms with Gasteiger partial charge in [0.25, 0.3) is 0 Å². The molecule has 0 aliphatic rings. The summed E-state index contributed by atoms with van der Waals surface area (Å²) >= 11 is 0. The molecule has 1 rings (SSSR count). The van der Waals surface area contributed by atoms with Crippen LogP contribution in [0.5, 0.6) is 0 Å². The molecule has 0 spiro atoms. The van der Waals surface area contributed by atoms with Gasteiger partial charge in [-0.1, -0.05) is 6.07 Å². The minimum atomic E-state index is -4.79. The summed E-state index contributed by atoms with van der Waals surface area (Å²) in [5.74, 6) is -1.83. The van der Waals surface area contributed by atoms with Crippen molar-refractivity contribution in [3.63, 3.8) is 0 Å². The van der Waals surface area contributed by atoms with Gasteiger partial charge in [0.15, 0.2) is 14.9 Å². The van der Waals surface area contributed by atoms with Crippen LogP contribution in [-0.4, -0.2) is 33.3 Å². The van der Waals surface area contributed by atoms with Crippen LogP contribution in [0, 0.1) is 0 Å². The molecule has 1 heterocycles. The average molecular weight is 318 g/mol. The topological polar surface area (TPSA) is 107 Å². The van der Waals surface area contributed by atoms with Gasteiger partial charge >= 0.3 is 6.18 Å². The lowest BCUT2D eigenvalue weighted by molar-refractivity contribution is -0.141. The highest BCUT2D eigenvalue weighted by molar-refractivity contribution is 7.94. The average Bonchev–Trinajstić information content (AvgIpc) is 2.25. The molecule has 108 valence electrons. The van der Waals surface area contributed by atoms with E-state index in [4.69, 9.17) is 0 Å². The Morgan fingerprint density at radius 1 is 1.11 bits per heavy atom. The number of nitrogens with zero attached hydrogens (tertiary/aromatic N) is 1. The van der Waals surface area contributed by atoms with Gasteiger partial charge in [0.2, 0.25) is 10.0 Å². The molecule has 0 aliphatic heterocycles. The maximum Gasteiger partial charge on any atom is 0.433 e. The lowest BCUT2D eigenvalue weighted by Crippen LogP contribution is -2.24. The van der Waals surface area contributed by atoms with Crippen LogP contribution in [0.15, 0.2) is 23.2 Å². The van der Waals surface area contributed by atoms with Crippen molar-refractivity contribution in [2.24, 2.45) is 5.14 Å². The number of alkyl halides is 3. The molecule has 1 aromatic heterocycles. The summed E-state index contributed by atoms with van der Waals surface area (Å²) in [6, 6.07) is 2.34. The second-order valence-corrected chi connectivity index (χ2v) is 7.33. The van der Waals surface area contributed by atoms with E-state index in [-0.39, 0.29) is 0 Å². The molecule has 19 heavy (non-hydrogen) atoms. The van der Waals surface area contributed by atoms with Gasteiger partial charge in [0, 0.05) is 0 Å². The van der Waals surface area contributed by atoms with Gasteiger partial charge in [-0.2, -0.15) is 13.2 Å². The molecule has 1 aromatic rings. The largest absolute Gasteiger partial charge is 0.433 e. The Bertz CT molecular complexity index is 667. The number of hydrogen-bond acceptors (Lipinski definition) is 5. The van der Waals surface area contributed by atoms with Gasteiger partial charge in [0.05, 0.1) is 11.5 Å². The zero-order valence-corrected chi connectivity index (χ0v) is 10.9. The van der Waals surface area contributed by atoms with Gasteiger partial charge in [-0.25, -0.2) is 27.0 Å². The number of sulfone groups is 1. The third-order valence-corrected chi connectivity index (χ3v) is 4.61. The van der Waals surface area contributed by atoms with E-state index in [9.17, 15) is 30.0 Å². The number of primary sulfonamides is 1. The van der Waals surface area contributed by atoms with Crippen molar-refractivity contribution in [2.45, 2.75) is 11.2 Å². The predicted octanol–water partition coefficient (Wildman–Crippen LogP) is 0.163. The summed E-state index contributed by atoms with van der Waals surface area (Å²) in [5.41, 5.74) is -1.37. The normalized spacial score (nSPS) is 13.5. The molecule has 0 atom stereocenters. The summed E-state index contributed by atoms with van der Waals surface area (Å²) in [5, 5.41) is 3.79. The van der Waals surface area contributed by atoms with Gasteiger partial charge in [0.1, 0.15) is 5.69 Å². The number of nitrogens with two attached hydrogens (primary N) is 1. The van der Waals surface area contributed by atoms with Gasteiger partial charge in [-0.3, -0.25) is 0 Å². The van der Waals surface area contributed by atoms with E-state index in [0.717, 1.165) is 12.1 Å². The Morgan fingerprint density at radius 3 is 2.16 bits per heavy atom. The third-order valence-electron chi connectivity index (χ3n) is 1.97. The van der Waals surface area contributed by atoms with E-state index in [1.807, 2.05) is 0 Å². The summed E-state index contributed by atoms with van der Waals surface area (Å²) < 4.78 is 81.6. The van der Waals surface area contributed by atoms with Crippen LogP contribution in [0.1, 0.15) is 5.69 Å². The van der Waals surface area contributed by atoms with Crippen molar-refractivity contribution >= 4 is 19.9 Å². The Labute approximate surface area is 107 Å². The van der Waals surface area contributed by atoms with Gasteiger partial charge < -0.3 is 0 Å². The van der Waals surface area contributed by atoms with E-state index in [1.54, 1.807) is 0 Å². The zero-order chi connectivity index (χ0) is 14.9. The lowest BCUT2D eigenvalue weighted by Gasteiger charge is -2.08. The number of pyridine rings is 1. The maximum absolute atomic E-state index is 12.4. The predicted molar refractivity (Wildman–Crippen MR) is 59.3 cm³/mol. The summed E-state index contributed by atoms with van der Waals surface area (Å²) in [6.07, 6.45) is -4.79. The number of hydrogen-bond donors (Lipinski definition) is 1. The van der Waals surface area contributed by atoms with Crippen LogP contribution in [0.25, 0.3) is 0 Å². The van der Waals surface area contributed by atoms with Crippen molar-refractivity contribution in [3.8, 4) is 0 Å². The summed E-state index contributed by atoms with van der Waals surface area (Å²) in [7, 11) is -8.28. The smallest absolute Gasteiger partial charge is 0.232 e. The van der Waals surface area contributed by atoms with Crippen LogP contribution in [0.4, 0.5) is 13.2 Å². The van der Waals surface area contributed by atoms with E-state index in [2.05, 4.69) is 10.1 Å². The molecular formula is C8H9F3N2O4S2. The minimum absolute atomic E-state index is 0.610. The highest BCUT2D eigenvalue weighted by Crippen LogP contribution is 2.28. The highest BCUT2D eigenvalue weighted by atomic mass is 32.2. The molecule has 0 unspecified atom stereocenters. The molecule has 0 aromatic carbocycles. The van der Waals surface area contributed by atoms with Crippen molar-refractivity contribution in [1.29, 1.82) is 0 Å². The summed E-state index contributed by atoms with van der Waals surface area (Å²) in [6.45, 7) is 0. The van der Waals surface area contributed by atoms with Crippen LogP contribution >= 0.6 is 0 Å². The number of aromatic nitrogens is 1. The SMILES string of the molecule is NS(=O)(=O)CCS(=O)(=O)c1cccc(C(F)(F)F)n1. The first-order chi connectivity index (χ1) is 8.42. The van der Waals surface area contributed by atoms with Gasteiger partial charge in [-0.15, -0.1) is 0 Å². The fourth-order valence-electron chi connectivity index (χ4n) is 1.08. The second kappa shape index (κ2) is 5.06. The fourth-order valence-corrected chi connectivity index (χ4v) is 3.62. The van der Waals surface area contributed by atoms with Crippen LogP contribution in [-0.2, 0) is 26.0 Å². The van der Waals surface area contributed by atoms with E-state index in [1.165, 1.54) is 0 Å². The maximum atomic E-state index is 12.4. The molecule has 2 N–H and O–H groups in total. The van der Waals surface area contributed by atoms with Gasteiger partial charge in [-0.05, 0) is 12.1 Å². The minimum Gasteiger partial charge on any atom is -0.232 e. The first-order valence-corrected chi connectivity index (χ1v) is 8.06. The van der Waals surface area contributed by atoms with Crippen LogP contribution in [0.3, 0.4) is 0 Å². The lowest BCUT2D eigenvalue weighted by atomic mass is 10.3. The molecule has 11 heteroatoms. The molecule has 0 aliphatic carbocycles. The number of rotatable bonds is 4. The molecule has 0 saturated heterocycles. The molecule has 6 nitrogen and oxygen atoms in total. The molecule has 0 amide bonds. The zero-order valence-electron chi connectivity index (χ0n) is 9.25. The van der Waals surface area contributed by atoms with Crippen molar-refractivity contribution in [2.75, 3.05) is 11.5 Å². The summed E-state index contributed by atoms with van der Waals surface area (Å²) in [4.78, 5) is 2.97. The van der Waals surface area contributed by atoms with E-state index in [0.29, 0.717) is 6.07 Å². The number of halogens is 3. The number of sulfonamides is 1. The van der Waals surface area contributed by atoms with Crippen molar-refractivity contribution in [1.82, 2.24) is 4.98 Å². The molecule has 0 bridgehead atoms. The first-order valence-electron chi connectivity index (χ1n) is 4.69. The molecule has 0 saturated carbocycles. The van der Waals surface area contributed by atoms with E-state index < -0.39 is 48.3 Å². The fraction of sp³-hybridized carbons (Fsp3) is 0.375. The van der Waals surface area contributed by atoms with Crippen LogP contribution < -0.4 is 5.14 Å². The quantitative estimate of drug-likeness (QED) is 0.851. The van der Waals surface area contributed by atoms with Crippen molar-refractivity contribution < 1.29 is 30.0 Å². The van der Waals surface area contributed by atoms with Crippen molar-refractivity contribution in [3.05, 3.63) is 23.9 Å². The third kappa shape index (κ3) is 4.76. The Balaban J connectivity index is 3.09. The highest BCUT2D eigenvalue weighted by Gasteiger charge is 2.33. The van der Waals surface area contributed by atoms with E-state index >= 15 is 0 Å². The monoisotopic (exact) mass is 318 g/mol. The first kappa shape index (κ1) is 15.9. The Hall–Kier alpha value is -1.20.